The molecule has 1 atom stereocenters. The van der Waals surface area contributed by atoms with Crippen LogP contribution in [0.4, 0.5) is 0 Å². The molecule has 2 aromatic carbocycles. The first-order chi connectivity index (χ1) is 14.8. The van der Waals surface area contributed by atoms with Crippen molar-refractivity contribution < 1.29 is 14.3 Å². The molecule has 1 amide bonds. The summed E-state index contributed by atoms with van der Waals surface area (Å²) in [6.45, 7) is 3.75. The van der Waals surface area contributed by atoms with Crippen LogP contribution in [0.15, 0.2) is 53.3 Å². The van der Waals surface area contributed by atoms with E-state index in [1.54, 1.807) is 54.3 Å². The van der Waals surface area contributed by atoms with E-state index in [2.05, 4.69) is 5.32 Å². The lowest BCUT2D eigenvalue weighted by atomic mass is 10.0. The maximum Gasteiger partial charge on any atom is 0.328 e. The Balaban J connectivity index is 1.75. The number of halogens is 1. The van der Waals surface area contributed by atoms with Crippen molar-refractivity contribution in [1.82, 2.24) is 14.5 Å². The van der Waals surface area contributed by atoms with Gasteiger partial charge in [-0.3, -0.25) is 18.7 Å². The number of aromatic nitrogens is 2. The van der Waals surface area contributed by atoms with E-state index in [0.717, 1.165) is 11.0 Å². The summed E-state index contributed by atoms with van der Waals surface area (Å²) in [4.78, 5) is 37.5. The first kappa shape index (κ1) is 22.6. The summed E-state index contributed by atoms with van der Waals surface area (Å²) < 4.78 is 8.37. The Morgan fingerprint density at radius 2 is 1.71 bits per heavy atom. The lowest BCUT2D eigenvalue weighted by Crippen LogP contribution is -2.32. The van der Waals surface area contributed by atoms with Crippen LogP contribution < -0.4 is 11.0 Å². The third-order valence-corrected chi connectivity index (χ3v) is 5.31. The molecule has 0 aliphatic rings. The molecule has 0 fully saturated rings. The molecular formula is C23H26ClN3O4. The summed E-state index contributed by atoms with van der Waals surface area (Å²) in [5.41, 5.74) is 2.03. The van der Waals surface area contributed by atoms with E-state index in [9.17, 15) is 14.4 Å². The number of carbonyl (C=O) groups is 2. The standard InChI is InChI=1S/C23H26ClN3O4/c1-15(2)31-22(29)14-18(16-8-4-5-9-17(16)24)25-21(28)12-13-27-20-11-7-6-10-19(20)26(3)23(27)30/h4-11,15,18H,12-14H2,1-3H3,(H,25,28). The summed E-state index contributed by atoms with van der Waals surface area (Å²) in [6.07, 6.45) is -0.219. The Labute approximate surface area is 185 Å². The number of ether oxygens (including phenoxy) is 1. The summed E-state index contributed by atoms with van der Waals surface area (Å²) in [7, 11) is 1.70. The minimum atomic E-state index is -0.628. The summed E-state index contributed by atoms with van der Waals surface area (Å²) in [5.74, 6) is -0.715. The Kier molecular flexibility index (Phi) is 7.17. The van der Waals surface area contributed by atoms with E-state index in [0.29, 0.717) is 10.6 Å². The summed E-state index contributed by atoms with van der Waals surface area (Å²) in [5, 5.41) is 3.33. The lowest BCUT2D eigenvalue weighted by Gasteiger charge is -2.20. The molecule has 7 nitrogen and oxygen atoms in total. The van der Waals surface area contributed by atoms with Gasteiger partial charge in [-0.1, -0.05) is 41.9 Å². The molecule has 3 aromatic rings. The average molecular weight is 444 g/mol. The van der Waals surface area contributed by atoms with Crippen LogP contribution >= 0.6 is 11.6 Å². The van der Waals surface area contributed by atoms with Crippen LogP contribution in [-0.4, -0.2) is 27.1 Å². The fourth-order valence-electron chi connectivity index (χ4n) is 3.53. The van der Waals surface area contributed by atoms with Crippen LogP contribution in [0.2, 0.25) is 5.02 Å². The number of rotatable bonds is 8. The van der Waals surface area contributed by atoms with Gasteiger partial charge in [0.05, 0.1) is 29.6 Å². The summed E-state index contributed by atoms with van der Waals surface area (Å²) >= 11 is 6.30. The number of hydrogen-bond donors (Lipinski definition) is 1. The zero-order valence-corrected chi connectivity index (χ0v) is 18.6. The normalized spacial score (nSPS) is 12.2. The molecule has 0 bridgehead atoms. The van der Waals surface area contributed by atoms with E-state index in [1.807, 2.05) is 24.3 Å². The molecule has 0 saturated heterocycles. The smallest absolute Gasteiger partial charge is 0.328 e. The third-order valence-electron chi connectivity index (χ3n) is 4.97. The Morgan fingerprint density at radius 1 is 1.06 bits per heavy atom. The highest BCUT2D eigenvalue weighted by Gasteiger charge is 2.22. The van der Waals surface area contributed by atoms with Crippen LogP contribution in [0.3, 0.4) is 0 Å². The number of benzene rings is 2. The van der Waals surface area contributed by atoms with Gasteiger partial charge in [-0.15, -0.1) is 0 Å². The van der Waals surface area contributed by atoms with Gasteiger partial charge in [0.1, 0.15) is 0 Å². The highest BCUT2D eigenvalue weighted by molar-refractivity contribution is 6.31. The molecule has 0 radical (unpaired) electrons. The van der Waals surface area contributed by atoms with E-state index in [1.165, 1.54) is 0 Å². The van der Waals surface area contributed by atoms with Crippen LogP contribution in [0.25, 0.3) is 11.0 Å². The maximum atomic E-state index is 12.7. The predicted molar refractivity (Wildman–Crippen MR) is 120 cm³/mol. The fourth-order valence-corrected chi connectivity index (χ4v) is 3.80. The molecular weight excluding hydrogens is 418 g/mol. The second-order valence-corrected chi connectivity index (χ2v) is 8.02. The minimum Gasteiger partial charge on any atom is -0.463 e. The van der Waals surface area contributed by atoms with Crippen molar-refractivity contribution in [2.75, 3.05) is 0 Å². The number of hydrogen-bond acceptors (Lipinski definition) is 4. The number of carbonyl (C=O) groups excluding carboxylic acids is 2. The number of fused-ring (bicyclic) bond motifs is 1. The molecule has 1 N–H and O–H groups in total. The minimum absolute atomic E-state index is 0.0398. The second kappa shape index (κ2) is 9.83. The topological polar surface area (TPSA) is 82.3 Å². The summed E-state index contributed by atoms with van der Waals surface area (Å²) in [6, 6.07) is 13.9. The number of nitrogens with one attached hydrogen (secondary N) is 1. The molecule has 0 saturated carbocycles. The second-order valence-electron chi connectivity index (χ2n) is 7.62. The van der Waals surface area contributed by atoms with Gasteiger partial charge in [0.15, 0.2) is 0 Å². The van der Waals surface area contributed by atoms with Gasteiger partial charge in [0.25, 0.3) is 0 Å². The average Bonchev–Trinajstić information content (AvgIpc) is 2.96. The highest BCUT2D eigenvalue weighted by atomic mass is 35.5. The van der Waals surface area contributed by atoms with Gasteiger partial charge in [0, 0.05) is 25.0 Å². The molecule has 0 aliphatic carbocycles. The number of aryl methyl sites for hydroxylation is 2. The number of imidazole rings is 1. The van der Waals surface area contributed by atoms with E-state index in [-0.39, 0.29) is 37.1 Å². The van der Waals surface area contributed by atoms with Gasteiger partial charge >= 0.3 is 11.7 Å². The van der Waals surface area contributed by atoms with Gasteiger partial charge in [-0.05, 0) is 37.6 Å². The molecule has 3 rings (SSSR count). The van der Waals surface area contributed by atoms with E-state index < -0.39 is 12.0 Å². The number of esters is 1. The van der Waals surface area contributed by atoms with Crippen molar-refractivity contribution in [3.05, 3.63) is 69.6 Å². The first-order valence-corrected chi connectivity index (χ1v) is 10.5. The molecule has 1 unspecified atom stereocenters. The van der Waals surface area contributed by atoms with Crippen molar-refractivity contribution in [1.29, 1.82) is 0 Å². The van der Waals surface area contributed by atoms with Gasteiger partial charge in [-0.2, -0.15) is 0 Å². The Hall–Kier alpha value is -3.06. The zero-order valence-electron chi connectivity index (χ0n) is 17.8. The molecule has 31 heavy (non-hydrogen) atoms. The van der Waals surface area contributed by atoms with Crippen molar-refractivity contribution >= 4 is 34.5 Å². The lowest BCUT2D eigenvalue weighted by molar-refractivity contribution is -0.148. The monoisotopic (exact) mass is 443 g/mol. The molecule has 0 aliphatic heterocycles. The quantitative estimate of drug-likeness (QED) is 0.539. The number of amides is 1. The van der Waals surface area contributed by atoms with E-state index in [4.69, 9.17) is 16.3 Å². The van der Waals surface area contributed by atoms with E-state index >= 15 is 0 Å². The molecule has 1 heterocycles. The van der Waals surface area contributed by atoms with Crippen molar-refractivity contribution in [2.24, 2.45) is 7.05 Å². The van der Waals surface area contributed by atoms with Crippen molar-refractivity contribution in [2.45, 2.75) is 45.4 Å². The van der Waals surface area contributed by atoms with Crippen molar-refractivity contribution in [3.8, 4) is 0 Å². The fraction of sp³-hybridized carbons (Fsp3) is 0.348. The molecule has 1 aromatic heterocycles. The van der Waals surface area contributed by atoms with Crippen molar-refractivity contribution in [3.63, 3.8) is 0 Å². The third kappa shape index (κ3) is 5.35. The van der Waals surface area contributed by atoms with Gasteiger partial charge in [0.2, 0.25) is 5.91 Å². The van der Waals surface area contributed by atoms with Crippen LogP contribution in [0.1, 0.15) is 38.3 Å². The van der Waals surface area contributed by atoms with Crippen LogP contribution in [0.5, 0.6) is 0 Å². The van der Waals surface area contributed by atoms with Gasteiger partial charge in [-0.25, -0.2) is 4.79 Å². The predicted octanol–water partition coefficient (Wildman–Crippen LogP) is 3.58. The Morgan fingerprint density at radius 3 is 2.39 bits per heavy atom. The maximum absolute atomic E-state index is 12.7. The SMILES string of the molecule is CC(C)OC(=O)CC(NC(=O)CCn1c(=O)n(C)c2ccccc21)c1ccccc1Cl. The largest absolute Gasteiger partial charge is 0.463 e. The van der Waals surface area contributed by atoms with Gasteiger partial charge < -0.3 is 10.1 Å². The molecule has 8 heteroatoms. The molecule has 164 valence electrons. The first-order valence-electron chi connectivity index (χ1n) is 10.2. The molecule has 0 spiro atoms. The number of para-hydroxylation sites is 2. The highest BCUT2D eigenvalue weighted by Crippen LogP contribution is 2.26. The Bertz CT molecular complexity index is 1150. The van der Waals surface area contributed by atoms with Crippen LogP contribution in [-0.2, 0) is 27.9 Å². The van der Waals surface area contributed by atoms with Crippen LogP contribution in [0, 0.1) is 0 Å². The number of nitrogens with zero attached hydrogens (tertiary/aromatic N) is 2. The zero-order chi connectivity index (χ0) is 22.5.